The van der Waals surface area contributed by atoms with Gasteiger partial charge in [0.15, 0.2) is 0 Å². The molecule has 2 nitrogen and oxygen atoms in total. The van der Waals surface area contributed by atoms with E-state index in [0.29, 0.717) is 6.54 Å². The van der Waals surface area contributed by atoms with Gasteiger partial charge in [-0.25, -0.2) is 8.78 Å². The number of halogens is 2. The molecule has 0 amide bonds. The van der Waals surface area contributed by atoms with Crippen molar-refractivity contribution in [1.29, 1.82) is 0 Å². The molecule has 0 saturated carbocycles. The van der Waals surface area contributed by atoms with Crippen LogP contribution in [0.5, 0.6) is 0 Å². The summed E-state index contributed by atoms with van der Waals surface area (Å²) in [7, 11) is 3.59. The van der Waals surface area contributed by atoms with Crippen LogP contribution in [0.25, 0.3) is 0 Å². The molecule has 1 rings (SSSR count). The maximum absolute atomic E-state index is 12.3. The first kappa shape index (κ1) is 16.1. The van der Waals surface area contributed by atoms with Gasteiger partial charge in [-0.15, -0.1) is 0 Å². The zero-order valence-corrected chi connectivity index (χ0v) is 12.0. The normalized spacial score (nSPS) is 13.2. The van der Waals surface area contributed by atoms with E-state index in [1.54, 1.807) is 11.9 Å². The Balaban J connectivity index is 2.63. The maximum atomic E-state index is 12.3. The minimum atomic E-state index is -2.28. The highest BCUT2D eigenvalue weighted by atomic mass is 19.3. The van der Waals surface area contributed by atoms with Crippen molar-refractivity contribution in [3.05, 3.63) is 35.4 Å². The molecule has 0 radical (unpaired) electrons. The Hall–Kier alpha value is -1.00. The molecule has 0 spiro atoms. The standard InChI is InChI=1S/C15H24F2N2/c1-4-5-12-6-8-13(9-7-12)14(18-2)10-19(3)11-15(16)17/h6-9,14-15,18H,4-5,10-11H2,1-3H3. The summed E-state index contributed by atoms with van der Waals surface area (Å²) in [5, 5.41) is 3.19. The fraction of sp³-hybridized carbons (Fsp3) is 0.600. The molecule has 0 heterocycles. The van der Waals surface area contributed by atoms with Crippen LogP contribution in [-0.2, 0) is 6.42 Å². The van der Waals surface area contributed by atoms with Gasteiger partial charge < -0.3 is 5.32 Å². The predicted octanol–water partition coefficient (Wildman–Crippen LogP) is 3.10. The number of aryl methyl sites for hydroxylation is 1. The van der Waals surface area contributed by atoms with Crippen molar-refractivity contribution < 1.29 is 8.78 Å². The summed E-state index contributed by atoms with van der Waals surface area (Å²) >= 11 is 0. The van der Waals surface area contributed by atoms with Gasteiger partial charge in [0.2, 0.25) is 0 Å². The van der Waals surface area contributed by atoms with Gasteiger partial charge in [0, 0.05) is 12.6 Å². The van der Waals surface area contributed by atoms with E-state index in [1.165, 1.54) is 5.56 Å². The third kappa shape index (κ3) is 5.66. The molecule has 0 bridgehead atoms. The Morgan fingerprint density at radius 3 is 2.26 bits per heavy atom. The predicted molar refractivity (Wildman–Crippen MR) is 75.7 cm³/mol. The third-order valence-corrected chi connectivity index (χ3v) is 3.21. The number of rotatable bonds is 8. The lowest BCUT2D eigenvalue weighted by atomic mass is 10.0. The van der Waals surface area contributed by atoms with E-state index >= 15 is 0 Å². The fourth-order valence-electron chi connectivity index (χ4n) is 2.19. The molecule has 0 aliphatic carbocycles. The van der Waals surface area contributed by atoms with Crippen LogP contribution in [0.1, 0.15) is 30.5 Å². The van der Waals surface area contributed by atoms with E-state index in [2.05, 4.69) is 36.5 Å². The summed E-state index contributed by atoms with van der Waals surface area (Å²) in [5.74, 6) is 0. The van der Waals surface area contributed by atoms with Crippen LogP contribution < -0.4 is 5.32 Å². The number of hydrogen-bond donors (Lipinski definition) is 1. The maximum Gasteiger partial charge on any atom is 0.251 e. The first-order valence-electron chi connectivity index (χ1n) is 6.79. The quantitative estimate of drug-likeness (QED) is 0.781. The van der Waals surface area contributed by atoms with Crippen LogP contribution in [-0.4, -0.2) is 38.5 Å². The molecule has 0 fully saturated rings. The number of benzene rings is 1. The van der Waals surface area contributed by atoms with Gasteiger partial charge in [0.25, 0.3) is 6.43 Å². The summed E-state index contributed by atoms with van der Waals surface area (Å²) in [6.45, 7) is 2.55. The summed E-state index contributed by atoms with van der Waals surface area (Å²) in [5.41, 5.74) is 2.46. The highest BCUT2D eigenvalue weighted by Gasteiger charge is 2.14. The Morgan fingerprint density at radius 2 is 1.79 bits per heavy atom. The zero-order chi connectivity index (χ0) is 14.3. The first-order chi connectivity index (χ1) is 9.06. The van der Waals surface area contributed by atoms with E-state index < -0.39 is 6.43 Å². The van der Waals surface area contributed by atoms with Gasteiger partial charge in [0.1, 0.15) is 0 Å². The van der Waals surface area contributed by atoms with E-state index in [9.17, 15) is 8.78 Å². The SMILES string of the molecule is CCCc1ccc(C(CN(C)CC(F)F)NC)cc1. The van der Waals surface area contributed by atoms with Crippen molar-refractivity contribution in [2.75, 3.05) is 27.2 Å². The second-order valence-electron chi connectivity index (χ2n) is 4.95. The van der Waals surface area contributed by atoms with Gasteiger partial charge >= 0.3 is 0 Å². The minimum Gasteiger partial charge on any atom is -0.312 e. The second kappa shape index (κ2) is 8.23. The van der Waals surface area contributed by atoms with Gasteiger partial charge in [-0.05, 0) is 31.6 Å². The molecule has 0 saturated heterocycles. The molecule has 0 aliphatic heterocycles. The molecular formula is C15H24F2N2. The topological polar surface area (TPSA) is 15.3 Å². The molecule has 1 atom stereocenters. The highest BCUT2D eigenvalue weighted by molar-refractivity contribution is 5.25. The molecule has 1 aromatic rings. The van der Waals surface area contributed by atoms with E-state index in [0.717, 1.165) is 18.4 Å². The Bertz CT molecular complexity index is 352. The van der Waals surface area contributed by atoms with E-state index in [-0.39, 0.29) is 12.6 Å². The van der Waals surface area contributed by atoms with Crippen molar-refractivity contribution in [2.24, 2.45) is 0 Å². The molecule has 108 valence electrons. The summed E-state index contributed by atoms with van der Waals surface area (Å²) in [6.07, 6.45) is -0.0729. The monoisotopic (exact) mass is 270 g/mol. The molecule has 0 aromatic heterocycles. The van der Waals surface area contributed by atoms with Gasteiger partial charge in [-0.3, -0.25) is 4.90 Å². The lowest BCUT2D eigenvalue weighted by Crippen LogP contribution is -2.34. The van der Waals surface area contributed by atoms with Crippen LogP contribution in [0.4, 0.5) is 8.78 Å². The summed E-state index contributed by atoms with van der Waals surface area (Å²) < 4.78 is 24.6. The molecule has 4 heteroatoms. The van der Waals surface area contributed by atoms with Crippen molar-refractivity contribution >= 4 is 0 Å². The number of nitrogens with zero attached hydrogens (tertiary/aromatic N) is 1. The average Bonchev–Trinajstić information content (AvgIpc) is 2.36. The van der Waals surface area contributed by atoms with Crippen molar-refractivity contribution in [1.82, 2.24) is 10.2 Å². The zero-order valence-electron chi connectivity index (χ0n) is 12.0. The average molecular weight is 270 g/mol. The second-order valence-corrected chi connectivity index (χ2v) is 4.95. The number of alkyl halides is 2. The fourth-order valence-corrected chi connectivity index (χ4v) is 2.19. The third-order valence-electron chi connectivity index (χ3n) is 3.21. The first-order valence-corrected chi connectivity index (χ1v) is 6.79. The number of hydrogen-bond acceptors (Lipinski definition) is 2. The molecule has 1 aromatic carbocycles. The minimum absolute atomic E-state index is 0.0828. The number of likely N-dealkylation sites (N-methyl/N-ethyl adjacent to an activating group) is 2. The molecular weight excluding hydrogens is 246 g/mol. The van der Waals surface area contributed by atoms with Gasteiger partial charge in [-0.2, -0.15) is 0 Å². The molecule has 1 unspecified atom stereocenters. The number of nitrogens with one attached hydrogen (secondary N) is 1. The van der Waals surface area contributed by atoms with Gasteiger partial charge in [0.05, 0.1) is 6.54 Å². The van der Waals surface area contributed by atoms with Crippen molar-refractivity contribution in [3.63, 3.8) is 0 Å². The van der Waals surface area contributed by atoms with Crippen LogP contribution in [0.15, 0.2) is 24.3 Å². The highest BCUT2D eigenvalue weighted by Crippen LogP contribution is 2.16. The van der Waals surface area contributed by atoms with Gasteiger partial charge in [-0.1, -0.05) is 37.6 Å². The van der Waals surface area contributed by atoms with Crippen molar-refractivity contribution in [3.8, 4) is 0 Å². The van der Waals surface area contributed by atoms with Crippen LogP contribution >= 0.6 is 0 Å². The Morgan fingerprint density at radius 1 is 1.16 bits per heavy atom. The lowest BCUT2D eigenvalue weighted by Gasteiger charge is -2.24. The van der Waals surface area contributed by atoms with Crippen LogP contribution in [0, 0.1) is 0 Å². The van der Waals surface area contributed by atoms with E-state index in [1.807, 2.05) is 7.05 Å². The molecule has 19 heavy (non-hydrogen) atoms. The Labute approximate surface area is 114 Å². The summed E-state index contributed by atoms with van der Waals surface area (Å²) in [4.78, 5) is 1.66. The summed E-state index contributed by atoms with van der Waals surface area (Å²) in [6, 6.07) is 8.50. The molecule has 1 N–H and O–H groups in total. The van der Waals surface area contributed by atoms with Crippen molar-refractivity contribution in [2.45, 2.75) is 32.2 Å². The smallest absolute Gasteiger partial charge is 0.251 e. The van der Waals surface area contributed by atoms with Crippen LogP contribution in [0.2, 0.25) is 0 Å². The lowest BCUT2D eigenvalue weighted by molar-refractivity contribution is 0.0963. The van der Waals surface area contributed by atoms with E-state index in [4.69, 9.17) is 0 Å². The largest absolute Gasteiger partial charge is 0.312 e. The molecule has 0 aliphatic rings. The van der Waals surface area contributed by atoms with Crippen LogP contribution in [0.3, 0.4) is 0 Å². The Kier molecular flexibility index (Phi) is 6.95.